The van der Waals surface area contributed by atoms with Gasteiger partial charge in [0.05, 0.1) is 0 Å². The second-order valence-electron chi connectivity index (χ2n) is 4.89. The molecular weight excluding hydrogens is 317 g/mol. The number of nitrogens with two attached hydrogens (primary N) is 1. The van der Waals surface area contributed by atoms with E-state index in [1.807, 2.05) is 0 Å². The van der Waals surface area contributed by atoms with Gasteiger partial charge in [0.25, 0.3) is 5.91 Å². The zero-order valence-electron chi connectivity index (χ0n) is 11.9. The van der Waals surface area contributed by atoms with Crippen LogP contribution in [0.4, 0.5) is 4.39 Å². The van der Waals surface area contributed by atoms with Crippen molar-refractivity contribution in [3.8, 4) is 0 Å². The molecule has 2 N–H and O–H groups in total. The summed E-state index contributed by atoms with van der Waals surface area (Å²) in [6, 6.07) is 14.3. The minimum absolute atomic E-state index is 0.285. The first-order valence-corrected chi connectivity index (χ1v) is 7.60. The van der Waals surface area contributed by atoms with Gasteiger partial charge in [-0.25, -0.2) is 9.18 Å². The average Bonchev–Trinajstić information content (AvgIpc) is 2.96. The van der Waals surface area contributed by atoms with Crippen LogP contribution in [0.25, 0.3) is 10.1 Å². The second-order valence-corrected chi connectivity index (χ2v) is 5.97. The van der Waals surface area contributed by atoms with E-state index in [2.05, 4.69) is 0 Å². The van der Waals surface area contributed by atoms with E-state index >= 15 is 0 Å². The van der Waals surface area contributed by atoms with Crippen LogP contribution < -0.4 is 5.73 Å². The lowest BCUT2D eigenvalue weighted by Gasteiger charge is -2.14. The van der Waals surface area contributed by atoms with Crippen molar-refractivity contribution >= 4 is 33.3 Å². The molecule has 0 bridgehead atoms. The number of esters is 1. The summed E-state index contributed by atoms with van der Waals surface area (Å²) in [5.41, 5.74) is 5.83. The number of benzene rings is 2. The molecule has 0 saturated heterocycles. The van der Waals surface area contributed by atoms with Crippen molar-refractivity contribution < 1.29 is 18.7 Å². The highest BCUT2D eigenvalue weighted by Gasteiger charge is 2.24. The van der Waals surface area contributed by atoms with E-state index < -0.39 is 18.0 Å². The van der Waals surface area contributed by atoms with E-state index in [4.69, 9.17) is 10.5 Å². The number of hydrogen-bond donors (Lipinski definition) is 1. The molecule has 0 fully saturated rings. The van der Waals surface area contributed by atoms with Crippen LogP contribution in [0.1, 0.15) is 21.3 Å². The molecular formula is C17H12FNO3S. The SMILES string of the molecule is NC(=O)[C@H](OC(=O)c1cc2cc(F)ccc2s1)c1ccccc1. The van der Waals surface area contributed by atoms with Crippen molar-refractivity contribution in [3.05, 3.63) is 70.9 Å². The van der Waals surface area contributed by atoms with E-state index in [1.54, 1.807) is 36.4 Å². The van der Waals surface area contributed by atoms with Gasteiger partial charge in [-0.3, -0.25) is 4.79 Å². The van der Waals surface area contributed by atoms with Gasteiger partial charge >= 0.3 is 5.97 Å². The molecule has 4 nitrogen and oxygen atoms in total. The first-order valence-electron chi connectivity index (χ1n) is 6.79. The highest BCUT2D eigenvalue weighted by molar-refractivity contribution is 7.20. The smallest absolute Gasteiger partial charge is 0.349 e. The summed E-state index contributed by atoms with van der Waals surface area (Å²) in [4.78, 5) is 24.1. The Hall–Kier alpha value is -2.73. The monoisotopic (exact) mass is 329 g/mol. The van der Waals surface area contributed by atoms with Crippen LogP contribution in [0.2, 0.25) is 0 Å². The first kappa shape index (κ1) is 15.2. The van der Waals surface area contributed by atoms with E-state index in [1.165, 1.54) is 29.5 Å². The third-order valence-corrected chi connectivity index (χ3v) is 4.36. The van der Waals surface area contributed by atoms with Crippen LogP contribution >= 0.6 is 11.3 Å². The number of carbonyl (C=O) groups is 2. The van der Waals surface area contributed by atoms with Gasteiger partial charge in [-0.2, -0.15) is 0 Å². The van der Waals surface area contributed by atoms with Crippen molar-refractivity contribution in [1.82, 2.24) is 0 Å². The van der Waals surface area contributed by atoms with Gasteiger partial charge in [-0.15, -0.1) is 11.3 Å². The normalized spacial score (nSPS) is 12.0. The first-order chi connectivity index (χ1) is 11.0. The quantitative estimate of drug-likeness (QED) is 0.746. The predicted octanol–water partition coefficient (Wildman–Crippen LogP) is 3.42. The molecule has 0 spiro atoms. The zero-order valence-corrected chi connectivity index (χ0v) is 12.7. The van der Waals surface area contributed by atoms with Crippen LogP contribution in [-0.4, -0.2) is 11.9 Å². The highest BCUT2D eigenvalue weighted by atomic mass is 32.1. The van der Waals surface area contributed by atoms with Crippen LogP contribution in [0, 0.1) is 5.82 Å². The molecule has 116 valence electrons. The Morgan fingerprint density at radius 2 is 1.83 bits per heavy atom. The summed E-state index contributed by atoms with van der Waals surface area (Å²) in [5.74, 6) is -1.80. The van der Waals surface area contributed by atoms with E-state index in [9.17, 15) is 14.0 Å². The van der Waals surface area contributed by atoms with Crippen LogP contribution in [0.3, 0.4) is 0 Å². The highest BCUT2D eigenvalue weighted by Crippen LogP contribution is 2.28. The zero-order chi connectivity index (χ0) is 16.4. The molecule has 0 saturated carbocycles. The molecule has 1 amide bonds. The maximum Gasteiger partial charge on any atom is 0.349 e. The molecule has 1 heterocycles. The fourth-order valence-corrected chi connectivity index (χ4v) is 3.12. The van der Waals surface area contributed by atoms with E-state index in [0.717, 1.165) is 4.70 Å². The Balaban J connectivity index is 1.87. The number of halogens is 1. The van der Waals surface area contributed by atoms with Crippen molar-refractivity contribution in [2.24, 2.45) is 5.73 Å². The Labute approximate surface area is 135 Å². The molecule has 0 unspecified atom stereocenters. The number of primary amides is 1. The van der Waals surface area contributed by atoms with Crippen LogP contribution in [-0.2, 0) is 9.53 Å². The van der Waals surface area contributed by atoms with Gasteiger partial charge in [0, 0.05) is 10.3 Å². The fraction of sp³-hybridized carbons (Fsp3) is 0.0588. The van der Waals surface area contributed by atoms with Crippen LogP contribution in [0.5, 0.6) is 0 Å². The van der Waals surface area contributed by atoms with Crippen molar-refractivity contribution in [2.45, 2.75) is 6.10 Å². The molecule has 6 heteroatoms. The minimum atomic E-state index is -1.16. The summed E-state index contributed by atoms with van der Waals surface area (Å²) in [6.45, 7) is 0. The second kappa shape index (κ2) is 6.18. The number of amides is 1. The third kappa shape index (κ3) is 3.22. The molecule has 0 radical (unpaired) electrons. The molecule has 23 heavy (non-hydrogen) atoms. The van der Waals surface area contributed by atoms with Crippen molar-refractivity contribution in [3.63, 3.8) is 0 Å². The number of thiophene rings is 1. The van der Waals surface area contributed by atoms with Gasteiger partial charge in [0.2, 0.25) is 6.10 Å². The number of fused-ring (bicyclic) bond motifs is 1. The maximum atomic E-state index is 13.2. The predicted molar refractivity (Wildman–Crippen MR) is 85.6 cm³/mol. The van der Waals surface area contributed by atoms with Crippen molar-refractivity contribution in [2.75, 3.05) is 0 Å². The van der Waals surface area contributed by atoms with Gasteiger partial charge in [-0.1, -0.05) is 30.3 Å². The summed E-state index contributed by atoms with van der Waals surface area (Å²) in [5, 5.41) is 0.609. The number of hydrogen-bond acceptors (Lipinski definition) is 4. The molecule has 3 aromatic rings. The summed E-state index contributed by atoms with van der Waals surface area (Å²) < 4.78 is 19.2. The summed E-state index contributed by atoms with van der Waals surface area (Å²) in [6.07, 6.45) is -1.16. The lowest BCUT2D eigenvalue weighted by molar-refractivity contribution is -0.127. The molecule has 1 aromatic heterocycles. The maximum absolute atomic E-state index is 13.2. The van der Waals surface area contributed by atoms with Crippen molar-refractivity contribution in [1.29, 1.82) is 0 Å². The topological polar surface area (TPSA) is 69.4 Å². The third-order valence-electron chi connectivity index (χ3n) is 3.27. The van der Waals surface area contributed by atoms with E-state index in [0.29, 0.717) is 10.9 Å². The fourth-order valence-electron chi connectivity index (χ4n) is 2.20. The summed E-state index contributed by atoms with van der Waals surface area (Å²) >= 11 is 1.17. The minimum Gasteiger partial charge on any atom is -0.443 e. The Bertz CT molecular complexity index is 876. The average molecular weight is 329 g/mol. The molecule has 1 atom stereocenters. The van der Waals surface area contributed by atoms with Crippen LogP contribution in [0.15, 0.2) is 54.6 Å². The Morgan fingerprint density at radius 3 is 2.52 bits per heavy atom. The lowest BCUT2D eigenvalue weighted by Crippen LogP contribution is -2.26. The summed E-state index contributed by atoms with van der Waals surface area (Å²) in [7, 11) is 0. The van der Waals surface area contributed by atoms with E-state index in [-0.39, 0.29) is 10.7 Å². The molecule has 3 rings (SSSR count). The number of carbonyl (C=O) groups excluding carboxylic acids is 2. The van der Waals surface area contributed by atoms with Gasteiger partial charge in [0.1, 0.15) is 10.7 Å². The molecule has 0 aliphatic heterocycles. The standard InChI is InChI=1S/C17H12FNO3S/c18-12-6-7-13-11(8-12)9-14(23-13)17(21)22-15(16(19)20)10-4-2-1-3-5-10/h1-9,15H,(H2,19,20)/t15-/m1/s1. The lowest BCUT2D eigenvalue weighted by atomic mass is 10.1. The van der Waals surface area contributed by atoms with Gasteiger partial charge < -0.3 is 10.5 Å². The number of rotatable bonds is 4. The number of ether oxygens (including phenoxy) is 1. The molecule has 0 aliphatic carbocycles. The Morgan fingerprint density at radius 1 is 1.09 bits per heavy atom. The van der Waals surface area contributed by atoms with Gasteiger partial charge in [-0.05, 0) is 29.7 Å². The van der Waals surface area contributed by atoms with Gasteiger partial charge in [0.15, 0.2) is 0 Å². The molecule has 2 aromatic carbocycles. The Kier molecular flexibility index (Phi) is 4.08. The molecule has 0 aliphatic rings. The largest absolute Gasteiger partial charge is 0.443 e.